The molecule has 0 bridgehead atoms. The summed E-state index contributed by atoms with van der Waals surface area (Å²) in [5.74, 6) is -0.275. The zero-order valence-electron chi connectivity index (χ0n) is 9.85. The third kappa shape index (κ3) is 4.33. The maximum atomic E-state index is 11.8. The van der Waals surface area contributed by atoms with Gasteiger partial charge in [-0.1, -0.05) is 0 Å². The quantitative estimate of drug-likeness (QED) is 0.387. The second-order valence-corrected chi connectivity index (χ2v) is 4.22. The van der Waals surface area contributed by atoms with E-state index in [-0.39, 0.29) is 11.3 Å². The topological polar surface area (TPSA) is 59.0 Å². The molecule has 15 heavy (non-hydrogen) atoms. The van der Waals surface area contributed by atoms with Crippen LogP contribution in [0.5, 0.6) is 0 Å². The van der Waals surface area contributed by atoms with E-state index < -0.39 is 6.04 Å². The Kier molecular flexibility index (Phi) is 5.35. The normalized spacial score (nSPS) is 13.7. The summed E-state index contributed by atoms with van der Waals surface area (Å²) in [4.78, 5) is 20.5. The number of aliphatic imine (C=N–C) groups is 1. The molecule has 1 amide bonds. The maximum absolute atomic E-state index is 11.8. The molecule has 1 atom stereocenters. The fourth-order valence-corrected chi connectivity index (χ4v) is 1.04. The van der Waals surface area contributed by atoms with Gasteiger partial charge in [-0.15, -0.1) is 0 Å². The number of likely N-dealkylation sites (N-methyl/N-ethyl adjacent to an activating group) is 1. The summed E-state index contributed by atoms with van der Waals surface area (Å²) in [6.07, 6.45) is 1.09. The van der Waals surface area contributed by atoms with E-state index in [4.69, 9.17) is 4.84 Å². The second-order valence-electron chi connectivity index (χ2n) is 4.22. The molecule has 0 aromatic rings. The number of hydroxylamine groups is 2. The van der Waals surface area contributed by atoms with Crippen LogP contribution in [0.25, 0.3) is 0 Å². The van der Waals surface area contributed by atoms with Crippen molar-refractivity contribution in [3.05, 3.63) is 0 Å². The van der Waals surface area contributed by atoms with Crippen molar-refractivity contribution < 1.29 is 14.3 Å². The number of rotatable bonds is 4. The van der Waals surface area contributed by atoms with Gasteiger partial charge in [-0.25, -0.2) is 0 Å². The first kappa shape index (κ1) is 14.0. The third-order valence-corrected chi connectivity index (χ3v) is 1.93. The third-order valence-electron chi connectivity index (χ3n) is 1.93. The van der Waals surface area contributed by atoms with Gasteiger partial charge in [-0.05, 0) is 0 Å². The van der Waals surface area contributed by atoms with Crippen molar-refractivity contribution in [1.82, 2.24) is 5.06 Å². The summed E-state index contributed by atoms with van der Waals surface area (Å²) in [5, 5.41) is 1.11. The van der Waals surface area contributed by atoms with Gasteiger partial charge in [0.15, 0.2) is 0 Å². The van der Waals surface area contributed by atoms with Gasteiger partial charge in [0, 0.05) is 0 Å². The molecule has 0 aliphatic rings. The molecule has 0 saturated carbocycles. The monoisotopic (exact) mass is 212 g/mol. The van der Waals surface area contributed by atoms with Crippen molar-refractivity contribution >= 4 is 19.2 Å². The van der Waals surface area contributed by atoms with E-state index >= 15 is 0 Å². The molecule has 0 aliphatic heterocycles. The van der Waals surface area contributed by atoms with Gasteiger partial charge < -0.3 is 0 Å². The summed E-state index contributed by atoms with van der Waals surface area (Å²) in [7, 11) is 3.47. The molecule has 0 fully saturated rings. The average molecular weight is 212 g/mol. The molecule has 84 valence electrons. The van der Waals surface area contributed by atoms with Gasteiger partial charge in [0.25, 0.3) is 0 Å². The van der Waals surface area contributed by atoms with E-state index in [0.29, 0.717) is 7.15 Å². The van der Waals surface area contributed by atoms with Crippen molar-refractivity contribution in [2.75, 3.05) is 14.2 Å². The fourth-order valence-electron chi connectivity index (χ4n) is 1.04. The first-order valence-electron chi connectivity index (χ1n) is 4.63. The van der Waals surface area contributed by atoms with Crippen molar-refractivity contribution in [2.45, 2.75) is 26.8 Å². The summed E-state index contributed by atoms with van der Waals surface area (Å²) < 4.78 is 10.2. The van der Waals surface area contributed by atoms with Gasteiger partial charge >= 0.3 is 89.9 Å². The number of hydrogen-bond donors (Lipinski definition) is 0. The van der Waals surface area contributed by atoms with Gasteiger partial charge in [0.05, 0.1) is 0 Å². The van der Waals surface area contributed by atoms with Crippen molar-refractivity contribution in [1.29, 1.82) is 0 Å². The van der Waals surface area contributed by atoms with Crippen LogP contribution < -0.4 is 0 Å². The van der Waals surface area contributed by atoms with Crippen molar-refractivity contribution in [2.24, 2.45) is 10.4 Å². The molecule has 0 unspecified atom stereocenters. The Balaban J connectivity index is 4.86. The molecule has 0 N–H and O–H groups in total. The van der Waals surface area contributed by atoms with E-state index in [1.165, 1.54) is 14.2 Å². The van der Waals surface area contributed by atoms with E-state index in [1.54, 1.807) is 0 Å². The van der Waals surface area contributed by atoms with Gasteiger partial charge in [-0.2, -0.15) is 0 Å². The summed E-state index contributed by atoms with van der Waals surface area (Å²) in [6, 6.07) is -0.618. The van der Waals surface area contributed by atoms with Crippen LogP contribution in [-0.4, -0.2) is 44.4 Å². The van der Waals surface area contributed by atoms with Crippen LogP contribution in [0.2, 0.25) is 0 Å². The predicted molar refractivity (Wildman–Crippen MR) is 58.0 cm³/mol. The Morgan fingerprint density at radius 2 is 2.07 bits per heavy atom. The van der Waals surface area contributed by atoms with E-state index in [0.717, 1.165) is 11.2 Å². The zero-order valence-corrected chi connectivity index (χ0v) is 9.85. The van der Waals surface area contributed by atoms with Crippen LogP contribution in [0.15, 0.2) is 4.99 Å². The average Bonchev–Trinajstić information content (AvgIpc) is 2.14. The molecule has 0 rings (SSSR count). The zero-order chi connectivity index (χ0) is 12.1. The summed E-state index contributed by atoms with van der Waals surface area (Å²) in [5.41, 5.74) is -0.358. The molecule has 0 aromatic heterocycles. The number of amides is 1. The van der Waals surface area contributed by atoms with E-state index in [9.17, 15) is 9.50 Å². The number of carbonyl (C=O) groups is 1. The molecule has 6 heteroatoms. The minimum atomic E-state index is -0.618. The molecule has 0 aliphatic carbocycles. The summed E-state index contributed by atoms with van der Waals surface area (Å²) in [6.45, 7) is 5.63. The van der Waals surface area contributed by atoms with Crippen molar-refractivity contribution in [3.8, 4) is 0 Å². The standard InChI is InChI=1S/C9H17BN2O3/c1-9(2,3)7(11-6-10-14)8(13)12(4)15-5/h6-7H,1-5H3/b11-6+/t7-/m1/s1. The molecule has 5 nitrogen and oxygen atoms in total. The number of nitrogens with zero attached hydrogens (tertiary/aromatic N) is 2. The van der Waals surface area contributed by atoms with Crippen LogP contribution >= 0.6 is 0 Å². The van der Waals surface area contributed by atoms with Crippen LogP contribution in [0.3, 0.4) is 0 Å². The molecule has 0 radical (unpaired) electrons. The molecule has 0 heterocycles. The van der Waals surface area contributed by atoms with Gasteiger partial charge in [0.2, 0.25) is 0 Å². The van der Waals surface area contributed by atoms with E-state index in [1.807, 2.05) is 20.8 Å². The van der Waals surface area contributed by atoms with Gasteiger partial charge in [0.1, 0.15) is 0 Å². The molecule has 0 aromatic carbocycles. The fraction of sp³-hybridized carbons (Fsp3) is 0.778. The Morgan fingerprint density at radius 1 is 1.53 bits per heavy atom. The first-order valence-corrected chi connectivity index (χ1v) is 4.63. The minimum absolute atomic E-state index is 0.275. The Hall–Kier alpha value is -1.04. The van der Waals surface area contributed by atoms with Crippen LogP contribution in [0, 0.1) is 5.41 Å². The SMILES string of the molecule is CON(C)C(=O)[C@@H](/N=C/B=O)C(C)(C)C. The molecule has 0 saturated heterocycles. The van der Waals surface area contributed by atoms with Crippen molar-refractivity contribution in [3.63, 3.8) is 0 Å². The number of hydrogen-bond acceptors (Lipinski definition) is 4. The summed E-state index contributed by atoms with van der Waals surface area (Å²) >= 11 is 0. The van der Waals surface area contributed by atoms with E-state index in [2.05, 4.69) is 4.99 Å². The Labute approximate surface area is 90.7 Å². The molecular weight excluding hydrogens is 195 g/mol. The predicted octanol–water partition coefficient (Wildman–Crippen LogP) is 0.499. The number of carbonyl (C=O) groups excluding carboxylic acids is 1. The second kappa shape index (κ2) is 5.75. The van der Waals surface area contributed by atoms with Crippen LogP contribution in [0.4, 0.5) is 0 Å². The molecular formula is C9H17BN2O3. The first-order chi connectivity index (χ1) is 6.84. The Morgan fingerprint density at radius 3 is 2.40 bits per heavy atom. The van der Waals surface area contributed by atoms with Gasteiger partial charge in [-0.3, -0.25) is 0 Å². The van der Waals surface area contributed by atoms with Crippen LogP contribution in [-0.2, 0) is 14.3 Å². The van der Waals surface area contributed by atoms with Crippen LogP contribution in [0.1, 0.15) is 20.8 Å². The molecule has 0 spiro atoms. The Bertz CT molecular complexity index is 261.